The molecule has 128 valence electrons. The van der Waals surface area contributed by atoms with E-state index in [-0.39, 0.29) is 12.5 Å². The van der Waals surface area contributed by atoms with Gasteiger partial charge in [-0.1, -0.05) is 6.92 Å². The van der Waals surface area contributed by atoms with E-state index in [0.717, 1.165) is 17.7 Å². The van der Waals surface area contributed by atoms with E-state index in [1.807, 2.05) is 0 Å². The largest absolute Gasteiger partial charge is 0.325 e. The average Bonchev–Trinajstić information content (AvgIpc) is 2.77. The fourth-order valence-corrected chi connectivity index (χ4v) is 3.29. The van der Waals surface area contributed by atoms with Crippen LogP contribution >= 0.6 is 0 Å². The van der Waals surface area contributed by atoms with Gasteiger partial charge in [0.25, 0.3) is 5.91 Å². The number of halogens is 1. The van der Waals surface area contributed by atoms with Crippen molar-refractivity contribution in [3.63, 3.8) is 0 Å². The Morgan fingerprint density at radius 1 is 1.29 bits per heavy atom. The predicted molar refractivity (Wildman–Crippen MR) is 85.6 cm³/mol. The van der Waals surface area contributed by atoms with Crippen LogP contribution < -0.4 is 10.6 Å². The highest BCUT2D eigenvalue weighted by atomic mass is 19.1. The van der Waals surface area contributed by atoms with Crippen LogP contribution in [0.2, 0.25) is 0 Å². The Morgan fingerprint density at radius 2 is 1.92 bits per heavy atom. The molecule has 7 heteroatoms. The van der Waals surface area contributed by atoms with Gasteiger partial charge in [0.15, 0.2) is 0 Å². The highest BCUT2D eigenvalue weighted by Crippen LogP contribution is 2.36. The monoisotopic (exact) mass is 333 g/mol. The van der Waals surface area contributed by atoms with E-state index in [9.17, 15) is 18.8 Å². The van der Waals surface area contributed by atoms with Gasteiger partial charge in [-0.25, -0.2) is 9.18 Å². The number of hydrogen-bond donors (Lipinski definition) is 2. The number of rotatable bonds is 3. The van der Waals surface area contributed by atoms with Gasteiger partial charge in [0.05, 0.1) is 0 Å². The zero-order chi connectivity index (χ0) is 17.3. The van der Waals surface area contributed by atoms with E-state index in [1.54, 1.807) is 0 Å². The van der Waals surface area contributed by atoms with Gasteiger partial charge in [-0.05, 0) is 55.9 Å². The van der Waals surface area contributed by atoms with Crippen LogP contribution in [0.15, 0.2) is 24.3 Å². The fourth-order valence-electron chi connectivity index (χ4n) is 3.29. The summed E-state index contributed by atoms with van der Waals surface area (Å²) >= 11 is 0. The molecule has 1 spiro atoms. The summed E-state index contributed by atoms with van der Waals surface area (Å²) in [6, 6.07) is 4.76. The highest BCUT2D eigenvalue weighted by Gasteiger charge is 2.52. The van der Waals surface area contributed by atoms with Crippen LogP contribution in [-0.4, -0.2) is 34.8 Å². The Bertz CT molecular complexity index is 666. The van der Waals surface area contributed by atoms with Crippen molar-refractivity contribution in [3.8, 4) is 0 Å². The third kappa shape index (κ3) is 3.11. The Morgan fingerprint density at radius 3 is 2.54 bits per heavy atom. The van der Waals surface area contributed by atoms with Crippen LogP contribution in [0.3, 0.4) is 0 Å². The van der Waals surface area contributed by atoms with Crippen molar-refractivity contribution in [2.24, 2.45) is 5.92 Å². The van der Waals surface area contributed by atoms with Crippen LogP contribution in [0.4, 0.5) is 14.9 Å². The van der Waals surface area contributed by atoms with Gasteiger partial charge in [0, 0.05) is 5.69 Å². The lowest BCUT2D eigenvalue weighted by Crippen LogP contribution is -2.49. The Kier molecular flexibility index (Phi) is 4.26. The quantitative estimate of drug-likeness (QED) is 0.833. The number of carbonyl (C=O) groups excluding carboxylic acids is 3. The maximum Gasteiger partial charge on any atom is 0.325 e. The third-order valence-corrected chi connectivity index (χ3v) is 4.80. The smallest absolute Gasteiger partial charge is 0.325 e. The lowest BCUT2D eigenvalue weighted by atomic mass is 9.77. The number of carbonyl (C=O) groups is 3. The molecule has 0 unspecified atom stereocenters. The third-order valence-electron chi connectivity index (χ3n) is 4.80. The SMILES string of the molecule is CC1CCC2(CC1)NC(=O)N(CC(=O)Nc1ccc(F)cc1)C2=O. The van der Waals surface area contributed by atoms with Crippen molar-refractivity contribution >= 4 is 23.5 Å². The van der Waals surface area contributed by atoms with Crippen LogP contribution in [-0.2, 0) is 9.59 Å². The van der Waals surface area contributed by atoms with Crippen LogP contribution in [0, 0.1) is 11.7 Å². The second-order valence-electron chi connectivity index (χ2n) is 6.64. The molecule has 24 heavy (non-hydrogen) atoms. The van der Waals surface area contributed by atoms with Crippen molar-refractivity contribution in [3.05, 3.63) is 30.1 Å². The first kappa shape index (κ1) is 16.4. The number of benzene rings is 1. The number of nitrogens with zero attached hydrogens (tertiary/aromatic N) is 1. The first-order valence-corrected chi connectivity index (χ1v) is 8.09. The second-order valence-corrected chi connectivity index (χ2v) is 6.64. The van der Waals surface area contributed by atoms with Crippen molar-refractivity contribution in [1.29, 1.82) is 0 Å². The number of hydrogen-bond acceptors (Lipinski definition) is 3. The van der Waals surface area contributed by atoms with Crippen molar-refractivity contribution in [1.82, 2.24) is 10.2 Å². The summed E-state index contributed by atoms with van der Waals surface area (Å²) in [6.45, 7) is 1.78. The molecule has 1 saturated heterocycles. The summed E-state index contributed by atoms with van der Waals surface area (Å²) in [4.78, 5) is 37.8. The minimum atomic E-state index is -0.847. The number of amides is 4. The normalized spacial score (nSPS) is 26.6. The summed E-state index contributed by atoms with van der Waals surface area (Å²) < 4.78 is 12.9. The molecule has 2 fully saturated rings. The first-order chi connectivity index (χ1) is 11.4. The summed E-state index contributed by atoms with van der Waals surface area (Å²) in [6.07, 6.45) is 2.97. The molecular formula is C17H20FN3O3. The van der Waals surface area contributed by atoms with Gasteiger partial charge in [-0.2, -0.15) is 0 Å². The zero-order valence-corrected chi connectivity index (χ0v) is 13.5. The van der Waals surface area contributed by atoms with Crippen LogP contribution in [0.1, 0.15) is 32.6 Å². The van der Waals surface area contributed by atoms with Crippen molar-refractivity contribution in [2.45, 2.75) is 38.1 Å². The molecule has 0 bridgehead atoms. The maximum atomic E-state index is 12.9. The predicted octanol–water partition coefficient (Wildman–Crippen LogP) is 2.26. The Hall–Kier alpha value is -2.44. The van der Waals surface area contributed by atoms with Gasteiger partial charge < -0.3 is 10.6 Å². The molecule has 6 nitrogen and oxygen atoms in total. The summed E-state index contributed by atoms with van der Waals surface area (Å²) in [5.41, 5.74) is -0.436. The van der Waals surface area contributed by atoms with E-state index in [2.05, 4.69) is 17.6 Å². The summed E-state index contributed by atoms with van der Waals surface area (Å²) in [5.74, 6) is -0.688. The lowest BCUT2D eigenvalue weighted by molar-refractivity contribution is -0.135. The molecule has 2 aliphatic rings. The van der Waals surface area contributed by atoms with Crippen LogP contribution in [0.5, 0.6) is 0 Å². The molecule has 0 radical (unpaired) electrons. The first-order valence-electron chi connectivity index (χ1n) is 8.09. The number of anilines is 1. The number of imide groups is 1. The molecule has 1 saturated carbocycles. The summed E-state index contributed by atoms with van der Waals surface area (Å²) in [5, 5.41) is 5.33. The molecule has 1 aliphatic heterocycles. The van der Waals surface area contributed by atoms with Gasteiger partial charge in [-0.15, -0.1) is 0 Å². The molecule has 1 aromatic rings. The second kappa shape index (κ2) is 6.22. The molecule has 3 rings (SSSR count). The highest BCUT2D eigenvalue weighted by molar-refractivity contribution is 6.10. The molecule has 0 atom stereocenters. The van der Waals surface area contributed by atoms with E-state index in [0.29, 0.717) is 24.4 Å². The number of urea groups is 1. The van der Waals surface area contributed by atoms with E-state index < -0.39 is 23.3 Å². The van der Waals surface area contributed by atoms with Crippen LogP contribution in [0.25, 0.3) is 0 Å². The molecular weight excluding hydrogens is 313 g/mol. The minimum absolute atomic E-state index is 0.325. The summed E-state index contributed by atoms with van der Waals surface area (Å²) in [7, 11) is 0. The topological polar surface area (TPSA) is 78.5 Å². The van der Waals surface area contributed by atoms with Gasteiger partial charge in [-0.3, -0.25) is 14.5 Å². The average molecular weight is 333 g/mol. The van der Waals surface area contributed by atoms with Crippen molar-refractivity contribution in [2.75, 3.05) is 11.9 Å². The number of nitrogens with one attached hydrogen (secondary N) is 2. The minimum Gasteiger partial charge on any atom is -0.325 e. The lowest BCUT2D eigenvalue weighted by Gasteiger charge is -2.33. The van der Waals surface area contributed by atoms with Gasteiger partial charge in [0.1, 0.15) is 17.9 Å². The molecule has 1 aromatic carbocycles. The zero-order valence-electron chi connectivity index (χ0n) is 13.5. The maximum absolute atomic E-state index is 12.9. The Labute approximate surface area is 139 Å². The molecule has 4 amide bonds. The van der Waals surface area contributed by atoms with E-state index >= 15 is 0 Å². The Balaban J connectivity index is 1.64. The van der Waals surface area contributed by atoms with Crippen molar-refractivity contribution < 1.29 is 18.8 Å². The van der Waals surface area contributed by atoms with E-state index in [4.69, 9.17) is 0 Å². The molecule has 1 aliphatic carbocycles. The van der Waals surface area contributed by atoms with Gasteiger partial charge >= 0.3 is 6.03 Å². The fraction of sp³-hybridized carbons (Fsp3) is 0.471. The molecule has 2 N–H and O–H groups in total. The van der Waals surface area contributed by atoms with Gasteiger partial charge in [0.2, 0.25) is 5.91 Å². The van der Waals surface area contributed by atoms with E-state index in [1.165, 1.54) is 24.3 Å². The standard InChI is InChI=1S/C17H20FN3O3/c1-11-6-8-17(9-7-11)15(23)21(16(24)20-17)10-14(22)19-13-4-2-12(18)3-5-13/h2-5,11H,6-10H2,1H3,(H,19,22)(H,20,24). The molecule has 1 heterocycles. The molecule has 0 aromatic heterocycles.